The predicted molar refractivity (Wildman–Crippen MR) is 87.4 cm³/mol. The molecule has 1 aliphatic carbocycles. The van der Waals surface area contributed by atoms with Crippen molar-refractivity contribution in [3.8, 4) is 11.8 Å². The minimum absolute atomic E-state index is 0.275. The van der Waals surface area contributed by atoms with Gasteiger partial charge in [0, 0.05) is 17.8 Å². The molecule has 2 aromatic heterocycles. The van der Waals surface area contributed by atoms with Crippen LogP contribution in [0.25, 0.3) is 11.2 Å². The minimum atomic E-state index is -0.275. The minimum Gasteiger partial charge on any atom is -0.299 e. The van der Waals surface area contributed by atoms with Crippen LogP contribution in [-0.2, 0) is 0 Å². The molecule has 4 heteroatoms. The number of hydrogen-bond acceptors (Lipinski definition) is 2. The molecular weight excluding hydrogens is 289 g/mol. The van der Waals surface area contributed by atoms with Crippen LogP contribution in [0.2, 0.25) is 0 Å². The number of halogens is 1. The van der Waals surface area contributed by atoms with Crippen molar-refractivity contribution >= 4 is 11.2 Å². The third-order valence-electron chi connectivity index (χ3n) is 4.28. The standard InChI is InChI=1S/C19H16FN3/c20-15-6-3-5-14(13-15)10-11-18-22-17-9-4-12-21-19(17)23(18)16-7-1-2-8-16/h3-6,9,12-13,16H,1-2,7-8H2. The fraction of sp³-hybridized carbons (Fsp3) is 0.263. The number of aromatic nitrogens is 3. The van der Waals surface area contributed by atoms with Crippen molar-refractivity contribution in [3.63, 3.8) is 0 Å². The maximum atomic E-state index is 13.3. The summed E-state index contributed by atoms with van der Waals surface area (Å²) in [6.45, 7) is 0. The van der Waals surface area contributed by atoms with Gasteiger partial charge in [-0.3, -0.25) is 4.57 Å². The van der Waals surface area contributed by atoms with E-state index in [9.17, 15) is 4.39 Å². The first-order valence-electron chi connectivity index (χ1n) is 7.92. The van der Waals surface area contributed by atoms with Crippen LogP contribution in [0.4, 0.5) is 4.39 Å². The van der Waals surface area contributed by atoms with E-state index in [-0.39, 0.29) is 5.82 Å². The molecule has 1 saturated carbocycles. The highest BCUT2D eigenvalue weighted by Crippen LogP contribution is 2.32. The summed E-state index contributed by atoms with van der Waals surface area (Å²) >= 11 is 0. The summed E-state index contributed by atoms with van der Waals surface area (Å²) in [4.78, 5) is 9.12. The molecule has 0 amide bonds. The number of pyridine rings is 1. The van der Waals surface area contributed by atoms with Gasteiger partial charge in [-0.2, -0.15) is 0 Å². The Bertz CT molecular complexity index is 911. The van der Waals surface area contributed by atoms with Gasteiger partial charge >= 0.3 is 0 Å². The molecule has 3 nitrogen and oxygen atoms in total. The first-order valence-corrected chi connectivity index (χ1v) is 7.92. The molecule has 0 saturated heterocycles. The average Bonchev–Trinajstić information content (AvgIpc) is 3.19. The molecule has 0 spiro atoms. The molecule has 1 fully saturated rings. The highest BCUT2D eigenvalue weighted by molar-refractivity contribution is 5.72. The van der Waals surface area contributed by atoms with E-state index in [2.05, 4.69) is 26.4 Å². The third-order valence-corrected chi connectivity index (χ3v) is 4.28. The van der Waals surface area contributed by atoms with Crippen molar-refractivity contribution in [2.45, 2.75) is 31.7 Å². The van der Waals surface area contributed by atoms with E-state index in [1.54, 1.807) is 18.3 Å². The zero-order valence-corrected chi connectivity index (χ0v) is 12.7. The summed E-state index contributed by atoms with van der Waals surface area (Å²) in [5, 5.41) is 0. The lowest BCUT2D eigenvalue weighted by molar-refractivity contribution is 0.524. The topological polar surface area (TPSA) is 30.7 Å². The number of fused-ring (bicyclic) bond motifs is 1. The van der Waals surface area contributed by atoms with E-state index in [4.69, 9.17) is 0 Å². The molecule has 0 unspecified atom stereocenters. The van der Waals surface area contributed by atoms with Crippen molar-refractivity contribution in [1.82, 2.24) is 14.5 Å². The summed E-state index contributed by atoms with van der Waals surface area (Å²) in [6.07, 6.45) is 6.52. The van der Waals surface area contributed by atoms with Crippen molar-refractivity contribution in [1.29, 1.82) is 0 Å². The molecule has 23 heavy (non-hydrogen) atoms. The lowest BCUT2D eigenvalue weighted by atomic mass is 10.2. The van der Waals surface area contributed by atoms with Gasteiger partial charge in [-0.1, -0.05) is 24.8 Å². The van der Waals surface area contributed by atoms with Gasteiger partial charge in [0.2, 0.25) is 0 Å². The molecule has 114 valence electrons. The lowest BCUT2D eigenvalue weighted by Gasteiger charge is -2.13. The Morgan fingerprint density at radius 2 is 1.96 bits per heavy atom. The van der Waals surface area contributed by atoms with Crippen molar-refractivity contribution in [3.05, 3.63) is 59.8 Å². The van der Waals surface area contributed by atoms with E-state index < -0.39 is 0 Å². The Hall–Kier alpha value is -2.67. The number of benzene rings is 1. The van der Waals surface area contributed by atoms with Gasteiger partial charge in [-0.25, -0.2) is 14.4 Å². The first kappa shape index (κ1) is 14.0. The summed E-state index contributed by atoms with van der Waals surface area (Å²) in [6, 6.07) is 10.6. The van der Waals surface area contributed by atoms with Crippen LogP contribution in [0.5, 0.6) is 0 Å². The van der Waals surface area contributed by atoms with Crippen molar-refractivity contribution < 1.29 is 4.39 Å². The van der Waals surface area contributed by atoms with E-state index in [0.717, 1.165) is 29.8 Å². The average molecular weight is 305 g/mol. The van der Waals surface area contributed by atoms with Gasteiger partial charge in [-0.05, 0) is 49.1 Å². The maximum absolute atomic E-state index is 13.3. The highest BCUT2D eigenvalue weighted by Gasteiger charge is 2.22. The zero-order chi connectivity index (χ0) is 15.6. The van der Waals surface area contributed by atoms with Gasteiger partial charge in [0.1, 0.15) is 11.3 Å². The van der Waals surface area contributed by atoms with Gasteiger partial charge in [-0.15, -0.1) is 0 Å². The number of nitrogens with zero attached hydrogens (tertiary/aromatic N) is 3. The van der Waals surface area contributed by atoms with Crippen LogP contribution >= 0.6 is 0 Å². The van der Waals surface area contributed by atoms with E-state index >= 15 is 0 Å². The second kappa shape index (κ2) is 5.85. The third kappa shape index (κ3) is 2.70. The van der Waals surface area contributed by atoms with Crippen LogP contribution in [0.3, 0.4) is 0 Å². The molecule has 4 rings (SSSR count). The Morgan fingerprint density at radius 3 is 2.78 bits per heavy atom. The largest absolute Gasteiger partial charge is 0.299 e. The Morgan fingerprint density at radius 1 is 1.09 bits per heavy atom. The van der Waals surface area contributed by atoms with Crippen molar-refractivity contribution in [2.24, 2.45) is 0 Å². The summed E-state index contributed by atoms with van der Waals surface area (Å²) < 4.78 is 15.4. The van der Waals surface area contributed by atoms with Crippen LogP contribution in [0.1, 0.15) is 43.1 Å². The first-order chi connectivity index (χ1) is 11.3. The molecule has 2 heterocycles. The van der Waals surface area contributed by atoms with Crippen LogP contribution < -0.4 is 0 Å². The Labute approximate surface area is 134 Å². The number of hydrogen-bond donors (Lipinski definition) is 0. The summed E-state index contributed by atoms with van der Waals surface area (Å²) in [7, 11) is 0. The number of imidazole rings is 1. The predicted octanol–water partition coefficient (Wildman–Crippen LogP) is 4.09. The second-order valence-corrected chi connectivity index (χ2v) is 5.85. The van der Waals surface area contributed by atoms with E-state index in [1.165, 1.54) is 25.0 Å². The molecule has 1 aromatic carbocycles. The fourth-order valence-electron chi connectivity index (χ4n) is 3.22. The summed E-state index contributed by atoms with van der Waals surface area (Å²) in [5.41, 5.74) is 2.41. The van der Waals surface area contributed by atoms with Gasteiger partial charge in [0.15, 0.2) is 11.5 Å². The fourth-order valence-corrected chi connectivity index (χ4v) is 3.22. The number of rotatable bonds is 1. The van der Waals surface area contributed by atoms with Gasteiger partial charge < -0.3 is 0 Å². The maximum Gasteiger partial charge on any atom is 0.188 e. The second-order valence-electron chi connectivity index (χ2n) is 5.85. The SMILES string of the molecule is Fc1cccc(C#Cc2nc3cccnc3n2C2CCCC2)c1. The molecule has 0 bridgehead atoms. The normalized spacial score (nSPS) is 14.8. The van der Waals surface area contributed by atoms with Crippen molar-refractivity contribution in [2.75, 3.05) is 0 Å². The van der Waals surface area contributed by atoms with E-state index in [1.807, 2.05) is 12.1 Å². The molecule has 1 aliphatic rings. The molecule has 0 atom stereocenters. The smallest absolute Gasteiger partial charge is 0.188 e. The van der Waals surface area contributed by atoms with Crippen LogP contribution in [-0.4, -0.2) is 14.5 Å². The molecule has 0 N–H and O–H groups in total. The molecular formula is C19H16FN3. The molecule has 0 radical (unpaired) electrons. The van der Waals surface area contributed by atoms with Crippen LogP contribution in [0.15, 0.2) is 42.6 Å². The van der Waals surface area contributed by atoms with Crippen LogP contribution in [0, 0.1) is 17.7 Å². The lowest BCUT2D eigenvalue weighted by Crippen LogP contribution is -2.08. The Kier molecular flexibility index (Phi) is 3.55. The molecule has 0 aliphatic heterocycles. The Balaban J connectivity index is 1.82. The summed E-state index contributed by atoms with van der Waals surface area (Å²) in [5.74, 6) is 6.59. The van der Waals surface area contributed by atoms with E-state index in [0.29, 0.717) is 11.6 Å². The zero-order valence-electron chi connectivity index (χ0n) is 12.7. The quantitative estimate of drug-likeness (QED) is 0.634. The monoisotopic (exact) mass is 305 g/mol. The molecule has 3 aromatic rings. The van der Waals surface area contributed by atoms with Gasteiger partial charge in [0.05, 0.1) is 0 Å². The van der Waals surface area contributed by atoms with Gasteiger partial charge in [0.25, 0.3) is 0 Å². The highest BCUT2D eigenvalue weighted by atomic mass is 19.1.